The molecule has 1 aromatic carbocycles. The van der Waals surface area contributed by atoms with Crippen LogP contribution in [0.5, 0.6) is 0 Å². The standard InChI is InChI=1S/C12H11Br2NO2/c13-6-1-2-7-15-9-5-3-4-8(14)10(9)11(16)12(15)17/h3-5H,1-2,6-7H2. The van der Waals surface area contributed by atoms with E-state index in [4.69, 9.17) is 0 Å². The number of fused-ring (bicyclic) bond motifs is 1. The maximum Gasteiger partial charge on any atom is 0.299 e. The van der Waals surface area contributed by atoms with E-state index in [0.717, 1.165) is 23.9 Å². The van der Waals surface area contributed by atoms with Crippen LogP contribution in [0.25, 0.3) is 0 Å². The van der Waals surface area contributed by atoms with Gasteiger partial charge < -0.3 is 4.90 Å². The number of hydrogen-bond acceptors (Lipinski definition) is 2. The van der Waals surface area contributed by atoms with Crippen LogP contribution in [-0.2, 0) is 4.79 Å². The molecule has 0 atom stereocenters. The molecule has 17 heavy (non-hydrogen) atoms. The molecule has 0 bridgehead atoms. The Morgan fingerprint density at radius 1 is 1.18 bits per heavy atom. The Kier molecular flexibility index (Phi) is 3.99. The minimum absolute atomic E-state index is 0.411. The highest BCUT2D eigenvalue weighted by Crippen LogP contribution is 2.34. The van der Waals surface area contributed by atoms with Crippen molar-refractivity contribution < 1.29 is 9.59 Å². The largest absolute Gasteiger partial charge is 0.305 e. The Labute approximate surface area is 116 Å². The Hall–Kier alpha value is -0.680. The van der Waals surface area contributed by atoms with Crippen molar-refractivity contribution in [1.29, 1.82) is 0 Å². The zero-order chi connectivity index (χ0) is 12.4. The number of amides is 1. The molecule has 0 N–H and O–H groups in total. The smallest absolute Gasteiger partial charge is 0.299 e. The Bertz CT molecular complexity index is 474. The van der Waals surface area contributed by atoms with Gasteiger partial charge in [-0.25, -0.2) is 0 Å². The molecule has 0 saturated heterocycles. The number of hydrogen-bond donors (Lipinski definition) is 0. The molecule has 90 valence electrons. The van der Waals surface area contributed by atoms with Gasteiger partial charge in [-0.15, -0.1) is 0 Å². The summed E-state index contributed by atoms with van der Waals surface area (Å²) in [6, 6.07) is 5.44. The van der Waals surface area contributed by atoms with Crippen LogP contribution in [0.4, 0.5) is 5.69 Å². The normalized spacial score (nSPS) is 14.4. The van der Waals surface area contributed by atoms with E-state index in [-0.39, 0.29) is 0 Å². The van der Waals surface area contributed by atoms with Crippen molar-refractivity contribution in [3.63, 3.8) is 0 Å². The van der Waals surface area contributed by atoms with Gasteiger partial charge in [0.25, 0.3) is 11.7 Å². The summed E-state index contributed by atoms with van der Waals surface area (Å²) in [6.07, 6.45) is 1.87. The van der Waals surface area contributed by atoms with Crippen molar-refractivity contribution in [3.05, 3.63) is 28.2 Å². The average Bonchev–Trinajstić information content (AvgIpc) is 2.55. The molecule has 2 rings (SSSR count). The highest BCUT2D eigenvalue weighted by Gasteiger charge is 2.36. The zero-order valence-electron chi connectivity index (χ0n) is 9.08. The molecule has 0 aromatic heterocycles. The minimum Gasteiger partial charge on any atom is -0.305 e. The molecule has 0 spiro atoms. The SMILES string of the molecule is O=C1C(=O)N(CCCCBr)c2cccc(Br)c21. The highest BCUT2D eigenvalue weighted by molar-refractivity contribution is 9.10. The molecule has 0 saturated carbocycles. The number of alkyl halides is 1. The summed E-state index contributed by atoms with van der Waals surface area (Å²) in [5, 5.41) is 0.911. The molecular weight excluding hydrogens is 350 g/mol. The third-order valence-corrected chi connectivity index (χ3v) is 3.94. The number of rotatable bonds is 4. The summed E-state index contributed by atoms with van der Waals surface area (Å²) in [7, 11) is 0. The maximum absolute atomic E-state index is 11.9. The Morgan fingerprint density at radius 2 is 1.94 bits per heavy atom. The number of Topliss-reactive ketones (excluding diaryl/α,β-unsaturated/α-hetero) is 1. The first-order valence-corrected chi connectivity index (χ1v) is 7.29. The summed E-state index contributed by atoms with van der Waals surface area (Å²) < 4.78 is 0.691. The predicted molar refractivity (Wildman–Crippen MR) is 73.9 cm³/mol. The Morgan fingerprint density at radius 3 is 2.65 bits per heavy atom. The number of nitrogens with zero attached hydrogens (tertiary/aromatic N) is 1. The van der Waals surface area contributed by atoms with Gasteiger partial charge in [0.1, 0.15) is 0 Å². The summed E-state index contributed by atoms with van der Waals surface area (Å²) in [6.45, 7) is 0.597. The van der Waals surface area contributed by atoms with E-state index in [1.165, 1.54) is 0 Å². The van der Waals surface area contributed by atoms with Gasteiger partial charge >= 0.3 is 0 Å². The molecule has 1 aliphatic heterocycles. The van der Waals surface area contributed by atoms with Gasteiger partial charge in [0.15, 0.2) is 0 Å². The molecule has 0 aliphatic carbocycles. The number of ketones is 1. The van der Waals surface area contributed by atoms with Crippen molar-refractivity contribution in [2.75, 3.05) is 16.8 Å². The van der Waals surface area contributed by atoms with Crippen molar-refractivity contribution in [2.24, 2.45) is 0 Å². The second-order valence-corrected chi connectivity index (χ2v) is 5.46. The molecule has 0 fully saturated rings. The van der Waals surface area contributed by atoms with Crippen LogP contribution >= 0.6 is 31.9 Å². The predicted octanol–water partition coefficient (Wildman–Crippen LogP) is 3.15. The molecule has 5 heteroatoms. The van der Waals surface area contributed by atoms with E-state index in [1.807, 2.05) is 12.1 Å². The van der Waals surface area contributed by atoms with Crippen LogP contribution in [0, 0.1) is 0 Å². The van der Waals surface area contributed by atoms with E-state index in [1.54, 1.807) is 11.0 Å². The van der Waals surface area contributed by atoms with E-state index in [9.17, 15) is 9.59 Å². The summed E-state index contributed by atoms with van der Waals surface area (Å²) in [4.78, 5) is 25.3. The molecule has 1 aromatic rings. The fourth-order valence-corrected chi connectivity index (χ4v) is 2.82. The van der Waals surface area contributed by atoms with Crippen molar-refractivity contribution in [2.45, 2.75) is 12.8 Å². The molecular formula is C12H11Br2NO2. The van der Waals surface area contributed by atoms with E-state index in [0.29, 0.717) is 16.6 Å². The molecule has 1 aliphatic rings. The molecule has 3 nitrogen and oxygen atoms in total. The van der Waals surface area contributed by atoms with Gasteiger partial charge in [-0.1, -0.05) is 22.0 Å². The molecule has 1 heterocycles. The van der Waals surface area contributed by atoms with E-state index < -0.39 is 11.7 Å². The third-order valence-electron chi connectivity index (χ3n) is 2.71. The minimum atomic E-state index is -0.415. The number of halogens is 2. The molecule has 0 radical (unpaired) electrons. The van der Waals surface area contributed by atoms with E-state index >= 15 is 0 Å². The van der Waals surface area contributed by atoms with Crippen LogP contribution in [0.2, 0.25) is 0 Å². The fraction of sp³-hybridized carbons (Fsp3) is 0.333. The topological polar surface area (TPSA) is 37.4 Å². The Balaban J connectivity index is 2.29. The van der Waals surface area contributed by atoms with Gasteiger partial charge in [-0.05, 0) is 40.9 Å². The third kappa shape index (κ3) is 2.31. The van der Waals surface area contributed by atoms with Gasteiger partial charge in [0, 0.05) is 16.3 Å². The van der Waals surface area contributed by atoms with Gasteiger partial charge in [-0.2, -0.15) is 0 Å². The van der Waals surface area contributed by atoms with Crippen molar-refractivity contribution in [3.8, 4) is 0 Å². The quantitative estimate of drug-likeness (QED) is 0.470. The number of carbonyl (C=O) groups is 2. The summed E-state index contributed by atoms with van der Waals surface area (Å²) in [5.41, 5.74) is 1.22. The molecule has 1 amide bonds. The van der Waals surface area contributed by atoms with Gasteiger partial charge in [0.05, 0.1) is 11.3 Å². The lowest BCUT2D eigenvalue weighted by atomic mass is 10.1. The lowest BCUT2D eigenvalue weighted by Crippen LogP contribution is -2.30. The van der Waals surface area contributed by atoms with Crippen LogP contribution in [0.3, 0.4) is 0 Å². The number of benzene rings is 1. The summed E-state index contributed by atoms with van der Waals surface area (Å²) >= 11 is 6.67. The van der Waals surface area contributed by atoms with Gasteiger partial charge in [-0.3, -0.25) is 9.59 Å². The number of unbranched alkanes of at least 4 members (excludes halogenated alkanes) is 1. The second kappa shape index (κ2) is 5.31. The van der Waals surface area contributed by atoms with Crippen LogP contribution in [-0.4, -0.2) is 23.6 Å². The first-order valence-electron chi connectivity index (χ1n) is 5.37. The second-order valence-electron chi connectivity index (χ2n) is 3.82. The van der Waals surface area contributed by atoms with Crippen molar-refractivity contribution >= 4 is 49.2 Å². The zero-order valence-corrected chi connectivity index (χ0v) is 12.3. The molecule has 0 unspecified atom stereocenters. The van der Waals surface area contributed by atoms with Crippen LogP contribution < -0.4 is 4.90 Å². The monoisotopic (exact) mass is 359 g/mol. The first-order chi connectivity index (χ1) is 8.16. The van der Waals surface area contributed by atoms with E-state index in [2.05, 4.69) is 31.9 Å². The lowest BCUT2D eigenvalue weighted by molar-refractivity contribution is -0.114. The summed E-state index contributed by atoms with van der Waals surface area (Å²) in [5.74, 6) is -0.826. The number of carbonyl (C=O) groups excluding carboxylic acids is 2. The van der Waals surface area contributed by atoms with Crippen LogP contribution in [0.15, 0.2) is 22.7 Å². The van der Waals surface area contributed by atoms with Gasteiger partial charge in [0.2, 0.25) is 0 Å². The first kappa shape index (κ1) is 12.8. The highest BCUT2D eigenvalue weighted by atomic mass is 79.9. The van der Waals surface area contributed by atoms with Crippen molar-refractivity contribution in [1.82, 2.24) is 0 Å². The average molecular weight is 361 g/mol. The number of anilines is 1. The maximum atomic E-state index is 11.9. The fourth-order valence-electron chi connectivity index (χ4n) is 1.89. The lowest BCUT2D eigenvalue weighted by Gasteiger charge is -2.15. The van der Waals surface area contributed by atoms with Crippen LogP contribution in [0.1, 0.15) is 23.2 Å².